The highest BCUT2D eigenvalue weighted by Crippen LogP contribution is 2.23. The van der Waals surface area contributed by atoms with Gasteiger partial charge in [-0.3, -0.25) is 4.79 Å². The third kappa shape index (κ3) is 2.21. The number of carbonyl (C=O) groups is 1. The van der Waals surface area contributed by atoms with Gasteiger partial charge in [0.05, 0.1) is 0 Å². The van der Waals surface area contributed by atoms with Gasteiger partial charge in [-0.05, 0) is 30.7 Å². The van der Waals surface area contributed by atoms with E-state index in [1.54, 1.807) is 17.0 Å². The van der Waals surface area contributed by atoms with Gasteiger partial charge in [-0.15, -0.1) is 0 Å². The fourth-order valence-electron chi connectivity index (χ4n) is 2.26. The number of fused-ring (bicyclic) bond motifs is 1. The molecule has 0 aliphatic carbocycles. The van der Waals surface area contributed by atoms with Gasteiger partial charge in [0.25, 0.3) is 5.91 Å². The van der Waals surface area contributed by atoms with Crippen molar-refractivity contribution in [3.63, 3.8) is 0 Å². The summed E-state index contributed by atoms with van der Waals surface area (Å²) in [5, 5.41) is 0. The second kappa shape index (κ2) is 4.46. The van der Waals surface area contributed by atoms with E-state index < -0.39 is 0 Å². The van der Waals surface area contributed by atoms with E-state index in [1.807, 2.05) is 19.1 Å². The van der Waals surface area contributed by atoms with Gasteiger partial charge in [0.1, 0.15) is 11.5 Å². The number of aromatic nitrogens is 1. The Bertz CT molecular complexity index is 637. The first kappa shape index (κ1) is 11.8. The Morgan fingerprint density at radius 3 is 2.68 bits per heavy atom. The van der Waals surface area contributed by atoms with Crippen LogP contribution in [0, 0.1) is 12.7 Å². The Labute approximate surface area is 110 Å². The van der Waals surface area contributed by atoms with Crippen molar-refractivity contribution in [1.82, 2.24) is 9.88 Å². The molecule has 1 amide bonds. The summed E-state index contributed by atoms with van der Waals surface area (Å²) in [6.07, 6.45) is 0. The fourth-order valence-corrected chi connectivity index (χ4v) is 2.26. The Morgan fingerprint density at radius 2 is 1.95 bits per heavy atom. The minimum atomic E-state index is -0.267. The topological polar surface area (TPSA) is 33.2 Å². The van der Waals surface area contributed by atoms with Gasteiger partial charge in [-0.25, -0.2) is 9.37 Å². The van der Waals surface area contributed by atoms with Crippen LogP contribution in [0.25, 0.3) is 0 Å². The molecule has 0 radical (unpaired) electrons. The minimum Gasteiger partial charge on any atom is -0.329 e. The van der Waals surface area contributed by atoms with Crippen molar-refractivity contribution in [2.75, 3.05) is 0 Å². The number of hydrogen-bond acceptors (Lipinski definition) is 2. The standard InChI is InChI=1S/C15H13FN2O/c1-10-2-5-12-9-18(15(19)14(12)17-10)8-11-3-6-13(16)7-4-11/h2-7H,8-9H2,1H3. The monoisotopic (exact) mass is 256 g/mol. The number of benzene rings is 1. The molecule has 2 aromatic rings. The number of aryl methyl sites for hydroxylation is 1. The molecule has 96 valence electrons. The van der Waals surface area contributed by atoms with Crippen molar-refractivity contribution in [3.8, 4) is 0 Å². The quantitative estimate of drug-likeness (QED) is 0.827. The van der Waals surface area contributed by atoms with E-state index in [9.17, 15) is 9.18 Å². The number of amides is 1. The molecule has 19 heavy (non-hydrogen) atoms. The summed E-state index contributed by atoms with van der Waals surface area (Å²) in [4.78, 5) is 18.2. The molecule has 3 rings (SSSR count). The third-order valence-electron chi connectivity index (χ3n) is 3.26. The molecule has 3 nitrogen and oxygen atoms in total. The number of rotatable bonds is 2. The molecular weight excluding hydrogens is 243 g/mol. The highest BCUT2D eigenvalue weighted by molar-refractivity contribution is 5.96. The van der Waals surface area contributed by atoms with E-state index in [0.29, 0.717) is 18.8 Å². The third-order valence-corrected chi connectivity index (χ3v) is 3.26. The van der Waals surface area contributed by atoms with Crippen molar-refractivity contribution >= 4 is 5.91 Å². The summed E-state index contributed by atoms with van der Waals surface area (Å²) in [7, 11) is 0. The smallest absolute Gasteiger partial charge is 0.273 e. The highest BCUT2D eigenvalue weighted by Gasteiger charge is 2.28. The molecule has 0 bridgehead atoms. The largest absolute Gasteiger partial charge is 0.329 e. The number of nitrogens with zero attached hydrogens (tertiary/aromatic N) is 2. The highest BCUT2D eigenvalue weighted by atomic mass is 19.1. The van der Waals surface area contributed by atoms with E-state index in [4.69, 9.17) is 0 Å². The molecule has 0 fully saturated rings. The normalized spacial score (nSPS) is 13.8. The van der Waals surface area contributed by atoms with E-state index >= 15 is 0 Å². The van der Waals surface area contributed by atoms with Gasteiger partial charge >= 0.3 is 0 Å². The molecular formula is C15H13FN2O. The van der Waals surface area contributed by atoms with E-state index in [1.165, 1.54) is 12.1 Å². The van der Waals surface area contributed by atoms with E-state index in [2.05, 4.69) is 4.98 Å². The average molecular weight is 256 g/mol. The van der Waals surface area contributed by atoms with Crippen LogP contribution in [0.2, 0.25) is 0 Å². The first-order chi connectivity index (χ1) is 9.13. The van der Waals surface area contributed by atoms with Gasteiger partial charge in [0.2, 0.25) is 0 Å². The fraction of sp³-hybridized carbons (Fsp3) is 0.200. The molecule has 2 heterocycles. The summed E-state index contributed by atoms with van der Waals surface area (Å²) in [6.45, 7) is 2.92. The molecule has 0 N–H and O–H groups in total. The van der Waals surface area contributed by atoms with Crippen molar-refractivity contribution in [2.24, 2.45) is 0 Å². The first-order valence-corrected chi connectivity index (χ1v) is 6.14. The van der Waals surface area contributed by atoms with Crippen molar-refractivity contribution < 1.29 is 9.18 Å². The lowest BCUT2D eigenvalue weighted by atomic mass is 10.2. The zero-order valence-electron chi connectivity index (χ0n) is 10.6. The Kier molecular flexibility index (Phi) is 2.78. The molecule has 1 aliphatic rings. The van der Waals surface area contributed by atoms with Crippen LogP contribution in [-0.2, 0) is 13.1 Å². The zero-order valence-corrected chi connectivity index (χ0v) is 10.6. The van der Waals surface area contributed by atoms with Gasteiger partial charge in [0, 0.05) is 24.3 Å². The molecule has 0 saturated carbocycles. The molecule has 1 aromatic carbocycles. The predicted molar refractivity (Wildman–Crippen MR) is 69.0 cm³/mol. The summed E-state index contributed by atoms with van der Waals surface area (Å²) < 4.78 is 12.8. The number of pyridine rings is 1. The number of carbonyl (C=O) groups excluding carboxylic acids is 1. The van der Waals surface area contributed by atoms with Gasteiger partial charge < -0.3 is 4.90 Å². The summed E-state index contributed by atoms with van der Waals surface area (Å²) in [6, 6.07) is 10.1. The molecule has 4 heteroatoms. The molecule has 1 aliphatic heterocycles. The zero-order chi connectivity index (χ0) is 13.4. The van der Waals surface area contributed by atoms with Crippen LogP contribution in [-0.4, -0.2) is 15.8 Å². The lowest BCUT2D eigenvalue weighted by Gasteiger charge is -2.15. The van der Waals surface area contributed by atoms with E-state index in [0.717, 1.165) is 16.8 Å². The Hall–Kier alpha value is -2.23. The lowest BCUT2D eigenvalue weighted by molar-refractivity contribution is 0.0762. The van der Waals surface area contributed by atoms with Crippen LogP contribution in [0.15, 0.2) is 36.4 Å². The molecule has 0 spiro atoms. The van der Waals surface area contributed by atoms with Crippen LogP contribution in [0.3, 0.4) is 0 Å². The maximum absolute atomic E-state index is 12.8. The number of hydrogen-bond donors (Lipinski definition) is 0. The van der Waals surface area contributed by atoms with Crippen molar-refractivity contribution in [3.05, 3.63) is 64.7 Å². The van der Waals surface area contributed by atoms with Gasteiger partial charge in [0.15, 0.2) is 0 Å². The molecule has 0 unspecified atom stereocenters. The second-order valence-electron chi connectivity index (χ2n) is 4.75. The summed E-state index contributed by atoms with van der Waals surface area (Å²) in [5.41, 5.74) is 3.26. The van der Waals surface area contributed by atoms with Crippen LogP contribution >= 0.6 is 0 Å². The first-order valence-electron chi connectivity index (χ1n) is 6.14. The van der Waals surface area contributed by atoms with Crippen LogP contribution in [0.4, 0.5) is 4.39 Å². The minimum absolute atomic E-state index is 0.0528. The predicted octanol–water partition coefficient (Wildman–Crippen LogP) is 2.69. The van der Waals surface area contributed by atoms with Gasteiger partial charge in [-0.1, -0.05) is 18.2 Å². The van der Waals surface area contributed by atoms with Gasteiger partial charge in [-0.2, -0.15) is 0 Å². The maximum atomic E-state index is 12.8. The summed E-state index contributed by atoms with van der Waals surface area (Å²) >= 11 is 0. The van der Waals surface area contributed by atoms with Crippen LogP contribution in [0.1, 0.15) is 27.3 Å². The Morgan fingerprint density at radius 1 is 1.21 bits per heavy atom. The SMILES string of the molecule is Cc1ccc2c(n1)C(=O)N(Cc1ccc(F)cc1)C2. The van der Waals surface area contributed by atoms with Crippen molar-refractivity contribution in [2.45, 2.75) is 20.0 Å². The van der Waals surface area contributed by atoms with Crippen molar-refractivity contribution in [1.29, 1.82) is 0 Å². The Balaban J connectivity index is 1.82. The number of halogens is 1. The average Bonchev–Trinajstić information content (AvgIpc) is 2.70. The summed E-state index contributed by atoms with van der Waals surface area (Å²) in [5.74, 6) is -0.319. The second-order valence-corrected chi connectivity index (χ2v) is 4.75. The van der Waals surface area contributed by atoms with Crippen LogP contribution in [0.5, 0.6) is 0 Å². The lowest BCUT2D eigenvalue weighted by Crippen LogP contribution is -2.23. The van der Waals surface area contributed by atoms with E-state index in [-0.39, 0.29) is 11.7 Å². The van der Waals surface area contributed by atoms with Crippen LogP contribution < -0.4 is 0 Å². The molecule has 0 atom stereocenters. The molecule has 0 saturated heterocycles. The molecule has 1 aromatic heterocycles. The maximum Gasteiger partial charge on any atom is 0.273 e.